The van der Waals surface area contributed by atoms with Crippen LogP contribution in [-0.4, -0.2) is 22.0 Å². The second-order valence-electron chi connectivity index (χ2n) is 7.78. The lowest BCUT2D eigenvalue weighted by Crippen LogP contribution is -2.18. The number of nitro benzene ring substituents is 1. The van der Waals surface area contributed by atoms with Crippen molar-refractivity contribution >= 4 is 28.7 Å². The highest BCUT2D eigenvalue weighted by Crippen LogP contribution is 2.26. The highest BCUT2D eigenvalue weighted by molar-refractivity contribution is 6.07. The number of amides is 1. The van der Waals surface area contributed by atoms with Gasteiger partial charge in [-0.05, 0) is 60.7 Å². The third-order valence-corrected chi connectivity index (χ3v) is 5.45. The number of non-ortho nitro benzene ring substituents is 1. The number of furan rings is 1. The van der Waals surface area contributed by atoms with E-state index < -0.39 is 10.8 Å². The van der Waals surface area contributed by atoms with Crippen LogP contribution in [0, 0.1) is 15.9 Å². The predicted molar refractivity (Wildman–Crippen MR) is 133 cm³/mol. The summed E-state index contributed by atoms with van der Waals surface area (Å²) in [5.74, 6) is 0.0776. The lowest BCUT2D eigenvalue weighted by atomic mass is 10.0. The Bertz CT molecular complexity index is 1610. The number of fused-ring (bicyclic) bond motifs is 1. The molecule has 0 saturated heterocycles. The summed E-state index contributed by atoms with van der Waals surface area (Å²) in [5.41, 5.74) is 5.34. The first-order valence-corrected chi connectivity index (χ1v) is 10.8. The topological polar surface area (TPSA) is 111 Å². The van der Waals surface area contributed by atoms with Gasteiger partial charge in [0, 0.05) is 28.6 Å². The number of nitro groups is 1. The molecule has 0 atom stereocenters. The van der Waals surface area contributed by atoms with Gasteiger partial charge in [-0.3, -0.25) is 14.9 Å². The van der Waals surface area contributed by atoms with Gasteiger partial charge in [-0.1, -0.05) is 18.2 Å². The largest absolute Gasteiger partial charge is 0.455 e. The zero-order valence-electron chi connectivity index (χ0n) is 18.6. The van der Waals surface area contributed by atoms with Gasteiger partial charge in [0.2, 0.25) is 0 Å². The minimum absolute atomic E-state index is 0.0129. The van der Waals surface area contributed by atoms with Crippen LogP contribution in [0.4, 0.5) is 10.1 Å². The van der Waals surface area contributed by atoms with Gasteiger partial charge < -0.3 is 4.42 Å². The maximum Gasteiger partial charge on any atom is 0.272 e. The van der Waals surface area contributed by atoms with Crippen LogP contribution in [0.5, 0.6) is 0 Å². The number of hydrogen-bond acceptors (Lipinski definition) is 6. The van der Waals surface area contributed by atoms with Gasteiger partial charge in [0.15, 0.2) is 0 Å². The minimum Gasteiger partial charge on any atom is -0.455 e. The maximum absolute atomic E-state index is 13.4. The van der Waals surface area contributed by atoms with E-state index in [1.165, 1.54) is 30.5 Å². The average Bonchev–Trinajstić information content (AvgIpc) is 3.37. The number of halogens is 1. The molecule has 0 radical (unpaired) electrons. The summed E-state index contributed by atoms with van der Waals surface area (Å²) >= 11 is 0. The normalized spacial score (nSPS) is 11.1. The highest BCUT2D eigenvalue weighted by Gasteiger charge is 2.14. The smallest absolute Gasteiger partial charge is 0.272 e. The van der Waals surface area contributed by atoms with Crippen molar-refractivity contribution in [2.45, 2.75) is 0 Å². The zero-order chi connectivity index (χ0) is 25.1. The molecule has 8 nitrogen and oxygen atoms in total. The molecule has 0 aliphatic carbocycles. The molecule has 5 aromatic rings. The Kier molecular flexibility index (Phi) is 6.02. The molecule has 0 fully saturated rings. The summed E-state index contributed by atoms with van der Waals surface area (Å²) in [4.78, 5) is 27.9. The molecule has 0 aliphatic heterocycles. The third-order valence-electron chi connectivity index (χ3n) is 5.45. The van der Waals surface area contributed by atoms with Crippen LogP contribution in [0.15, 0.2) is 101 Å². The Morgan fingerprint density at radius 1 is 0.972 bits per heavy atom. The summed E-state index contributed by atoms with van der Waals surface area (Å²) in [6, 6.07) is 24.1. The van der Waals surface area contributed by atoms with E-state index in [1.807, 2.05) is 12.1 Å². The monoisotopic (exact) mass is 480 g/mol. The van der Waals surface area contributed by atoms with E-state index in [9.17, 15) is 19.3 Å². The molecule has 176 valence electrons. The number of benzene rings is 3. The summed E-state index contributed by atoms with van der Waals surface area (Å²) in [6.07, 6.45) is 1.36. The standard InChI is InChI=1S/C27H17FN4O4/c28-19-9-5-17(6-10-19)25-15-23(22-3-1-2-4-24(22)30-25)27(33)31-29-16-21-13-14-26(36-21)18-7-11-20(12-8-18)32(34)35/h1-16H,(H,31,33). The van der Waals surface area contributed by atoms with Crippen molar-refractivity contribution in [3.63, 3.8) is 0 Å². The second-order valence-corrected chi connectivity index (χ2v) is 7.78. The van der Waals surface area contributed by atoms with Crippen molar-refractivity contribution in [2.75, 3.05) is 0 Å². The van der Waals surface area contributed by atoms with E-state index in [2.05, 4.69) is 15.5 Å². The van der Waals surface area contributed by atoms with E-state index >= 15 is 0 Å². The van der Waals surface area contributed by atoms with Gasteiger partial charge in [-0.15, -0.1) is 0 Å². The average molecular weight is 480 g/mol. The molecular weight excluding hydrogens is 463 g/mol. The fourth-order valence-corrected chi connectivity index (χ4v) is 3.67. The molecule has 1 N–H and O–H groups in total. The Morgan fingerprint density at radius 3 is 2.44 bits per heavy atom. The predicted octanol–water partition coefficient (Wildman–Crippen LogP) is 5.97. The number of rotatable bonds is 6. The molecule has 9 heteroatoms. The summed E-state index contributed by atoms with van der Waals surface area (Å²) in [7, 11) is 0. The van der Waals surface area contributed by atoms with Crippen LogP contribution in [0.25, 0.3) is 33.5 Å². The molecule has 0 bridgehead atoms. The van der Waals surface area contributed by atoms with Crippen molar-refractivity contribution in [3.05, 3.63) is 118 Å². The number of hydrazone groups is 1. The molecule has 0 spiro atoms. The molecular formula is C27H17FN4O4. The Labute approximate surface area is 203 Å². The molecule has 2 aromatic heterocycles. The number of nitrogens with one attached hydrogen (secondary N) is 1. The Balaban J connectivity index is 1.36. The molecule has 3 aromatic carbocycles. The van der Waals surface area contributed by atoms with Gasteiger partial charge in [-0.25, -0.2) is 14.8 Å². The molecule has 36 heavy (non-hydrogen) atoms. The number of nitrogens with zero attached hydrogens (tertiary/aromatic N) is 3. The first-order valence-electron chi connectivity index (χ1n) is 10.8. The van der Waals surface area contributed by atoms with E-state index in [0.29, 0.717) is 44.8 Å². The van der Waals surface area contributed by atoms with Crippen LogP contribution in [0.1, 0.15) is 16.1 Å². The lowest BCUT2D eigenvalue weighted by Gasteiger charge is -2.09. The first-order chi connectivity index (χ1) is 17.5. The number of pyridine rings is 1. The number of aromatic nitrogens is 1. The highest BCUT2D eigenvalue weighted by atomic mass is 19.1. The van der Waals surface area contributed by atoms with E-state index in [-0.39, 0.29) is 11.5 Å². The maximum atomic E-state index is 13.4. The van der Waals surface area contributed by atoms with Crippen molar-refractivity contribution in [2.24, 2.45) is 5.10 Å². The second kappa shape index (κ2) is 9.59. The molecule has 0 saturated carbocycles. The summed E-state index contributed by atoms with van der Waals surface area (Å²) in [5, 5.41) is 15.5. The molecule has 5 rings (SSSR count). The molecule has 0 aliphatic rings. The van der Waals surface area contributed by atoms with Crippen molar-refractivity contribution in [3.8, 4) is 22.6 Å². The Morgan fingerprint density at radius 2 is 1.69 bits per heavy atom. The van der Waals surface area contributed by atoms with Crippen LogP contribution in [-0.2, 0) is 0 Å². The summed E-state index contributed by atoms with van der Waals surface area (Å²) < 4.78 is 19.1. The molecule has 2 heterocycles. The first kappa shape index (κ1) is 22.6. The van der Waals surface area contributed by atoms with Gasteiger partial charge in [-0.2, -0.15) is 5.10 Å². The van der Waals surface area contributed by atoms with Gasteiger partial charge in [0.05, 0.1) is 27.9 Å². The van der Waals surface area contributed by atoms with Gasteiger partial charge in [0.25, 0.3) is 11.6 Å². The van der Waals surface area contributed by atoms with Crippen LogP contribution in [0.2, 0.25) is 0 Å². The van der Waals surface area contributed by atoms with E-state index in [0.717, 1.165) is 0 Å². The lowest BCUT2D eigenvalue weighted by molar-refractivity contribution is -0.384. The Hall–Kier alpha value is -5.18. The van der Waals surface area contributed by atoms with Crippen molar-refractivity contribution in [1.29, 1.82) is 0 Å². The number of carbonyl (C=O) groups is 1. The SMILES string of the molecule is O=C(NN=Cc1ccc(-c2ccc([N+](=O)[O-])cc2)o1)c1cc(-c2ccc(F)cc2)nc2ccccc12. The van der Waals surface area contributed by atoms with E-state index in [4.69, 9.17) is 4.42 Å². The minimum atomic E-state index is -0.471. The fourth-order valence-electron chi connectivity index (χ4n) is 3.67. The molecule has 1 amide bonds. The summed E-state index contributed by atoms with van der Waals surface area (Å²) in [6.45, 7) is 0. The molecule has 0 unspecified atom stereocenters. The van der Waals surface area contributed by atoms with Gasteiger partial charge in [0.1, 0.15) is 17.3 Å². The number of carbonyl (C=O) groups excluding carboxylic acids is 1. The fraction of sp³-hybridized carbons (Fsp3) is 0. The van der Waals surface area contributed by atoms with Crippen LogP contribution >= 0.6 is 0 Å². The van der Waals surface area contributed by atoms with Crippen LogP contribution < -0.4 is 5.43 Å². The quantitative estimate of drug-likeness (QED) is 0.183. The van der Waals surface area contributed by atoms with Crippen molar-refractivity contribution in [1.82, 2.24) is 10.4 Å². The zero-order valence-corrected chi connectivity index (χ0v) is 18.6. The van der Waals surface area contributed by atoms with Crippen molar-refractivity contribution < 1.29 is 18.5 Å². The van der Waals surface area contributed by atoms with Crippen LogP contribution in [0.3, 0.4) is 0 Å². The van der Waals surface area contributed by atoms with E-state index in [1.54, 1.807) is 54.6 Å². The van der Waals surface area contributed by atoms with Gasteiger partial charge >= 0.3 is 0 Å². The number of hydrogen-bond donors (Lipinski definition) is 1. The number of para-hydroxylation sites is 1. The third kappa shape index (κ3) is 4.71.